The number of ether oxygens (including phenoxy) is 2. The SMILES string of the molecule is Cn1cc(C2COC(C)(C)CO2)ccc1=O. The third-order valence-corrected chi connectivity index (χ3v) is 2.74. The van der Waals surface area contributed by atoms with Gasteiger partial charge in [0.05, 0.1) is 18.8 Å². The zero-order valence-corrected chi connectivity index (χ0v) is 9.90. The lowest BCUT2D eigenvalue weighted by molar-refractivity contribution is -0.176. The van der Waals surface area contributed by atoms with E-state index in [1.807, 2.05) is 13.8 Å². The van der Waals surface area contributed by atoms with Crippen molar-refractivity contribution in [3.8, 4) is 0 Å². The summed E-state index contributed by atoms with van der Waals surface area (Å²) in [5, 5.41) is 0. The van der Waals surface area contributed by atoms with E-state index in [2.05, 4.69) is 0 Å². The monoisotopic (exact) mass is 223 g/mol. The van der Waals surface area contributed by atoms with Crippen LogP contribution in [0.2, 0.25) is 0 Å². The predicted molar refractivity (Wildman–Crippen MR) is 60.4 cm³/mol. The van der Waals surface area contributed by atoms with E-state index >= 15 is 0 Å². The van der Waals surface area contributed by atoms with Crippen LogP contribution in [0.1, 0.15) is 25.5 Å². The van der Waals surface area contributed by atoms with E-state index in [1.54, 1.807) is 29.9 Å². The maximum Gasteiger partial charge on any atom is 0.250 e. The molecule has 4 nitrogen and oxygen atoms in total. The summed E-state index contributed by atoms with van der Waals surface area (Å²) in [6, 6.07) is 3.35. The van der Waals surface area contributed by atoms with Crippen LogP contribution in [0.15, 0.2) is 23.1 Å². The molecule has 0 radical (unpaired) electrons. The minimum absolute atomic E-state index is 0.0131. The molecule has 0 amide bonds. The Morgan fingerprint density at radius 1 is 1.44 bits per heavy atom. The van der Waals surface area contributed by atoms with Gasteiger partial charge in [0.2, 0.25) is 5.56 Å². The van der Waals surface area contributed by atoms with Gasteiger partial charge in [-0.25, -0.2) is 0 Å². The second-order valence-corrected chi connectivity index (χ2v) is 4.78. The first kappa shape index (κ1) is 11.4. The zero-order valence-electron chi connectivity index (χ0n) is 9.90. The van der Waals surface area contributed by atoms with E-state index in [9.17, 15) is 4.79 Å². The molecule has 88 valence electrons. The Morgan fingerprint density at radius 3 is 2.75 bits per heavy atom. The van der Waals surface area contributed by atoms with Crippen LogP contribution >= 0.6 is 0 Å². The van der Waals surface area contributed by atoms with Gasteiger partial charge in [-0.2, -0.15) is 0 Å². The maximum absolute atomic E-state index is 11.2. The Labute approximate surface area is 94.8 Å². The van der Waals surface area contributed by atoms with Crippen molar-refractivity contribution in [2.24, 2.45) is 7.05 Å². The average Bonchev–Trinajstić information content (AvgIpc) is 2.22. The van der Waals surface area contributed by atoms with E-state index in [0.29, 0.717) is 13.2 Å². The van der Waals surface area contributed by atoms with Gasteiger partial charge in [-0.3, -0.25) is 4.79 Å². The molecular weight excluding hydrogens is 206 g/mol. The lowest BCUT2D eigenvalue weighted by atomic mass is 10.1. The smallest absolute Gasteiger partial charge is 0.250 e. The van der Waals surface area contributed by atoms with Crippen molar-refractivity contribution < 1.29 is 9.47 Å². The minimum Gasteiger partial charge on any atom is -0.370 e. The normalized spacial score (nSPS) is 24.3. The van der Waals surface area contributed by atoms with E-state index < -0.39 is 0 Å². The number of hydrogen-bond donors (Lipinski definition) is 0. The average molecular weight is 223 g/mol. The molecule has 1 aliphatic heterocycles. The molecule has 1 aromatic rings. The molecule has 0 saturated carbocycles. The van der Waals surface area contributed by atoms with Crippen molar-refractivity contribution in [2.45, 2.75) is 25.6 Å². The summed E-state index contributed by atoms with van der Waals surface area (Å²) in [4.78, 5) is 11.2. The highest BCUT2D eigenvalue weighted by atomic mass is 16.6. The maximum atomic E-state index is 11.2. The Hall–Kier alpha value is -1.13. The highest BCUT2D eigenvalue weighted by Gasteiger charge is 2.29. The molecule has 2 rings (SSSR count). The van der Waals surface area contributed by atoms with E-state index in [0.717, 1.165) is 5.56 Å². The Balaban J connectivity index is 2.14. The number of aryl methyl sites for hydroxylation is 1. The molecule has 1 saturated heterocycles. The van der Waals surface area contributed by atoms with Gasteiger partial charge in [0, 0.05) is 19.3 Å². The lowest BCUT2D eigenvalue weighted by Gasteiger charge is -2.35. The number of pyridine rings is 1. The molecule has 0 N–H and O–H groups in total. The highest BCUT2D eigenvalue weighted by Crippen LogP contribution is 2.26. The third-order valence-electron chi connectivity index (χ3n) is 2.74. The van der Waals surface area contributed by atoms with E-state index in [4.69, 9.17) is 9.47 Å². The molecule has 4 heteroatoms. The lowest BCUT2D eigenvalue weighted by Crippen LogP contribution is -2.39. The van der Waals surface area contributed by atoms with Crippen LogP contribution in [0.5, 0.6) is 0 Å². The molecular formula is C12H17NO3. The van der Waals surface area contributed by atoms with Crippen LogP contribution < -0.4 is 5.56 Å². The summed E-state index contributed by atoms with van der Waals surface area (Å²) in [5.74, 6) is 0. The largest absolute Gasteiger partial charge is 0.370 e. The zero-order chi connectivity index (χ0) is 11.8. The second-order valence-electron chi connectivity index (χ2n) is 4.78. The topological polar surface area (TPSA) is 40.5 Å². The number of aromatic nitrogens is 1. The first-order valence-corrected chi connectivity index (χ1v) is 5.40. The van der Waals surface area contributed by atoms with Crippen LogP contribution in [0.4, 0.5) is 0 Å². The Bertz CT molecular complexity index is 426. The summed E-state index contributed by atoms with van der Waals surface area (Å²) < 4.78 is 13.0. The summed E-state index contributed by atoms with van der Waals surface area (Å²) >= 11 is 0. The molecule has 1 unspecified atom stereocenters. The van der Waals surface area contributed by atoms with Crippen molar-refractivity contribution in [3.63, 3.8) is 0 Å². The van der Waals surface area contributed by atoms with Gasteiger partial charge in [-0.05, 0) is 25.5 Å². The summed E-state index contributed by atoms with van der Waals surface area (Å²) in [6.07, 6.45) is 1.73. The fourth-order valence-electron chi connectivity index (χ4n) is 1.69. The molecule has 0 bridgehead atoms. The molecule has 2 heterocycles. The molecule has 1 aliphatic rings. The van der Waals surface area contributed by atoms with Gasteiger partial charge in [0.1, 0.15) is 6.10 Å². The molecule has 1 aromatic heterocycles. The third kappa shape index (κ3) is 2.33. The van der Waals surface area contributed by atoms with E-state index in [-0.39, 0.29) is 17.3 Å². The predicted octanol–water partition coefficient (Wildman–Crippen LogP) is 1.25. The second kappa shape index (κ2) is 4.03. The Kier molecular flexibility index (Phi) is 2.86. The highest BCUT2D eigenvalue weighted by molar-refractivity contribution is 5.14. The van der Waals surface area contributed by atoms with Crippen molar-refractivity contribution in [2.75, 3.05) is 13.2 Å². The van der Waals surface area contributed by atoms with E-state index in [1.165, 1.54) is 0 Å². The fraction of sp³-hybridized carbons (Fsp3) is 0.583. The van der Waals surface area contributed by atoms with Crippen molar-refractivity contribution in [1.29, 1.82) is 0 Å². The van der Waals surface area contributed by atoms with Crippen molar-refractivity contribution in [1.82, 2.24) is 4.57 Å². The van der Waals surface area contributed by atoms with Gasteiger partial charge in [-0.1, -0.05) is 0 Å². The number of hydrogen-bond acceptors (Lipinski definition) is 3. The molecule has 16 heavy (non-hydrogen) atoms. The summed E-state index contributed by atoms with van der Waals surface area (Å²) in [7, 11) is 1.74. The van der Waals surface area contributed by atoms with Gasteiger partial charge < -0.3 is 14.0 Å². The first-order chi connectivity index (χ1) is 7.48. The molecule has 1 fully saturated rings. The van der Waals surface area contributed by atoms with Crippen LogP contribution in [0.25, 0.3) is 0 Å². The van der Waals surface area contributed by atoms with Crippen LogP contribution in [0.3, 0.4) is 0 Å². The van der Waals surface area contributed by atoms with Gasteiger partial charge in [0.25, 0.3) is 0 Å². The van der Waals surface area contributed by atoms with Gasteiger partial charge >= 0.3 is 0 Å². The van der Waals surface area contributed by atoms with Crippen LogP contribution in [0, 0.1) is 0 Å². The Morgan fingerprint density at radius 2 is 2.19 bits per heavy atom. The summed E-state index contributed by atoms with van der Waals surface area (Å²) in [6.45, 7) is 5.11. The molecule has 0 aliphatic carbocycles. The minimum atomic E-state index is -0.211. The van der Waals surface area contributed by atoms with Crippen LogP contribution in [-0.4, -0.2) is 23.4 Å². The molecule has 0 aromatic carbocycles. The van der Waals surface area contributed by atoms with Gasteiger partial charge in [0.15, 0.2) is 0 Å². The quantitative estimate of drug-likeness (QED) is 0.719. The molecule has 1 atom stereocenters. The van der Waals surface area contributed by atoms with Gasteiger partial charge in [-0.15, -0.1) is 0 Å². The number of nitrogens with zero attached hydrogens (tertiary/aromatic N) is 1. The first-order valence-electron chi connectivity index (χ1n) is 5.40. The van der Waals surface area contributed by atoms with Crippen LogP contribution in [-0.2, 0) is 16.5 Å². The summed E-state index contributed by atoms with van der Waals surface area (Å²) in [5.41, 5.74) is 0.760. The molecule has 0 spiro atoms. The fourth-order valence-corrected chi connectivity index (χ4v) is 1.69. The standard InChI is InChI=1S/C12H17NO3/c1-12(2)8-15-10(7-16-12)9-4-5-11(14)13(3)6-9/h4-6,10H,7-8H2,1-3H3. The van der Waals surface area contributed by atoms with Crippen molar-refractivity contribution >= 4 is 0 Å². The van der Waals surface area contributed by atoms with Crippen molar-refractivity contribution in [3.05, 3.63) is 34.2 Å². The number of rotatable bonds is 1.